The second-order valence-electron chi connectivity index (χ2n) is 6.79. The summed E-state index contributed by atoms with van der Waals surface area (Å²) < 4.78 is 1.94. The fraction of sp³-hybridized carbons (Fsp3) is 0.316. The van der Waals surface area contributed by atoms with E-state index in [1.165, 1.54) is 28.0 Å². The zero-order chi connectivity index (χ0) is 19.0. The van der Waals surface area contributed by atoms with Crippen LogP contribution in [0.5, 0.6) is 0 Å². The van der Waals surface area contributed by atoms with Gasteiger partial charge in [0.2, 0.25) is 5.91 Å². The number of amides is 2. The van der Waals surface area contributed by atoms with E-state index in [4.69, 9.17) is 5.73 Å². The standard InChI is InChI=1S/C19H20N4O2S2/c1-11-5-6-13-14(8-11)27-18(16(13)17(20)25)22-15(24)10-26-19-21-9-12-4-2-3-7-23(12)19/h2-4,7,9,11H,5-6,8,10H2,1H3,(H2,20,25)(H,22,24)/t11-/m1/s1. The molecule has 4 rings (SSSR count). The van der Waals surface area contributed by atoms with Crippen LogP contribution in [0.25, 0.3) is 5.52 Å². The summed E-state index contributed by atoms with van der Waals surface area (Å²) in [6.07, 6.45) is 6.52. The van der Waals surface area contributed by atoms with E-state index in [1.807, 2.05) is 28.8 Å². The Bertz CT molecular complexity index is 1020. The third-order valence-electron chi connectivity index (χ3n) is 4.75. The van der Waals surface area contributed by atoms with Crippen molar-refractivity contribution in [2.24, 2.45) is 11.7 Å². The number of primary amides is 1. The molecule has 0 aromatic carbocycles. The van der Waals surface area contributed by atoms with Crippen LogP contribution in [-0.4, -0.2) is 27.0 Å². The predicted molar refractivity (Wildman–Crippen MR) is 109 cm³/mol. The largest absolute Gasteiger partial charge is 0.365 e. The van der Waals surface area contributed by atoms with Crippen LogP contribution in [0.4, 0.5) is 5.00 Å². The Kier molecular flexibility index (Phi) is 4.92. The lowest BCUT2D eigenvalue weighted by molar-refractivity contribution is -0.113. The molecule has 3 N–H and O–H groups in total. The zero-order valence-electron chi connectivity index (χ0n) is 14.9. The minimum absolute atomic E-state index is 0.165. The molecule has 1 aliphatic carbocycles. The Morgan fingerprint density at radius 1 is 1.44 bits per heavy atom. The molecule has 0 spiro atoms. The summed E-state index contributed by atoms with van der Waals surface area (Å²) in [5.41, 5.74) is 8.10. The molecule has 140 valence electrons. The molecule has 2 amide bonds. The van der Waals surface area contributed by atoms with Gasteiger partial charge < -0.3 is 11.1 Å². The normalized spacial score (nSPS) is 16.3. The van der Waals surface area contributed by atoms with E-state index in [0.717, 1.165) is 35.5 Å². The molecule has 3 aromatic rings. The summed E-state index contributed by atoms with van der Waals surface area (Å²) >= 11 is 2.85. The number of carbonyl (C=O) groups is 2. The first-order valence-electron chi connectivity index (χ1n) is 8.82. The van der Waals surface area contributed by atoms with Crippen LogP contribution in [0.15, 0.2) is 35.7 Å². The lowest BCUT2D eigenvalue weighted by atomic mass is 9.88. The van der Waals surface area contributed by atoms with Crippen LogP contribution >= 0.6 is 23.1 Å². The van der Waals surface area contributed by atoms with Gasteiger partial charge in [0.25, 0.3) is 5.91 Å². The smallest absolute Gasteiger partial charge is 0.251 e. The van der Waals surface area contributed by atoms with Crippen molar-refractivity contribution in [3.63, 3.8) is 0 Å². The Morgan fingerprint density at radius 2 is 2.30 bits per heavy atom. The van der Waals surface area contributed by atoms with E-state index in [0.29, 0.717) is 16.5 Å². The molecule has 3 aromatic heterocycles. The number of thiophene rings is 1. The number of thioether (sulfide) groups is 1. The summed E-state index contributed by atoms with van der Waals surface area (Å²) in [4.78, 5) is 30.0. The number of pyridine rings is 1. The number of anilines is 1. The van der Waals surface area contributed by atoms with Gasteiger partial charge in [-0.05, 0) is 42.9 Å². The number of aromatic nitrogens is 2. The van der Waals surface area contributed by atoms with E-state index in [2.05, 4.69) is 17.2 Å². The lowest BCUT2D eigenvalue weighted by Crippen LogP contribution is -2.20. The maximum Gasteiger partial charge on any atom is 0.251 e. The van der Waals surface area contributed by atoms with E-state index in [1.54, 1.807) is 6.20 Å². The average Bonchev–Trinajstić information content (AvgIpc) is 3.20. The van der Waals surface area contributed by atoms with Crippen LogP contribution in [0.2, 0.25) is 0 Å². The first-order chi connectivity index (χ1) is 13.0. The van der Waals surface area contributed by atoms with Gasteiger partial charge >= 0.3 is 0 Å². The third kappa shape index (κ3) is 3.59. The number of fused-ring (bicyclic) bond motifs is 2. The van der Waals surface area contributed by atoms with Crippen LogP contribution < -0.4 is 11.1 Å². The molecule has 0 saturated heterocycles. The first-order valence-corrected chi connectivity index (χ1v) is 10.6. The molecule has 3 heterocycles. The summed E-state index contributed by atoms with van der Waals surface area (Å²) in [5.74, 6) is 0.168. The van der Waals surface area contributed by atoms with Crippen molar-refractivity contribution in [3.8, 4) is 0 Å². The lowest BCUT2D eigenvalue weighted by Gasteiger charge is -2.18. The van der Waals surface area contributed by atoms with E-state index >= 15 is 0 Å². The summed E-state index contributed by atoms with van der Waals surface area (Å²) in [6, 6.07) is 5.84. The molecule has 0 bridgehead atoms. The number of rotatable bonds is 5. The monoisotopic (exact) mass is 400 g/mol. The maximum absolute atomic E-state index is 12.5. The van der Waals surface area contributed by atoms with Gasteiger partial charge in [-0.25, -0.2) is 4.98 Å². The second kappa shape index (κ2) is 7.36. The van der Waals surface area contributed by atoms with Gasteiger partial charge in [0.15, 0.2) is 5.16 Å². The molecule has 0 radical (unpaired) electrons. The highest BCUT2D eigenvalue weighted by Gasteiger charge is 2.27. The van der Waals surface area contributed by atoms with Crippen LogP contribution in [0.3, 0.4) is 0 Å². The molecular weight excluding hydrogens is 380 g/mol. The summed E-state index contributed by atoms with van der Waals surface area (Å²) in [7, 11) is 0. The van der Waals surface area contributed by atoms with Crippen molar-refractivity contribution in [3.05, 3.63) is 46.6 Å². The molecule has 0 saturated carbocycles. The van der Waals surface area contributed by atoms with Crippen LogP contribution in [0, 0.1) is 5.92 Å². The summed E-state index contributed by atoms with van der Waals surface area (Å²) in [6.45, 7) is 2.20. The topological polar surface area (TPSA) is 89.5 Å². The van der Waals surface area contributed by atoms with E-state index in [9.17, 15) is 9.59 Å². The fourth-order valence-corrected chi connectivity index (χ4v) is 5.62. The number of hydrogen-bond acceptors (Lipinski definition) is 5. The average molecular weight is 401 g/mol. The van der Waals surface area contributed by atoms with Gasteiger partial charge in [0, 0.05) is 11.1 Å². The number of nitrogens with one attached hydrogen (secondary N) is 1. The Labute approximate surface area is 165 Å². The van der Waals surface area contributed by atoms with Gasteiger partial charge in [0.1, 0.15) is 5.00 Å². The number of hydrogen-bond donors (Lipinski definition) is 2. The number of imidazole rings is 1. The minimum Gasteiger partial charge on any atom is -0.365 e. The van der Waals surface area contributed by atoms with Gasteiger partial charge in [-0.1, -0.05) is 24.8 Å². The van der Waals surface area contributed by atoms with Crippen molar-refractivity contribution in [1.29, 1.82) is 0 Å². The molecular formula is C19H20N4O2S2. The van der Waals surface area contributed by atoms with Gasteiger partial charge in [0.05, 0.1) is 23.0 Å². The molecule has 6 nitrogen and oxygen atoms in total. The van der Waals surface area contributed by atoms with Crippen molar-refractivity contribution < 1.29 is 9.59 Å². The highest BCUT2D eigenvalue weighted by atomic mass is 32.2. The third-order valence-corrected chi connectivity index (χ3v) is 6.88. The van der Waals surface area contributed by atoms with Gasteiger partial charge in [-0.15, -0.1) is 11.3 Å². The highest BCUT2D eigenvalue weighted by Crippen LogP contribution is 2.39. The molecule has 1 aliphatic rings. The second-order valence-corrected chi connectivity index (χ2v) is 8.84. The molecule has 8 heteroatoms. The zero-order valence-corrected chi connectivity index (χ0v) is 16.5. The Balaban J connectivity index is 1.49. The number of nitrogens with zero attached hydrogens (tertiary/aromatic N) is 2. The highest BCUT2D eigenvalue weighted by molar-refractivity contribution is 7.99. The molecule has 0 unspecified atom stereocenters. The maximum atomic E-state index is 12.5. The molecule has 0 fully saturated rings. The van der Waals surface area contributed by atoms with Crippen LogP contribution in [-0.2, 0) is 17.6 Å². The number of carbonyl (C=O) groups excluding carboxylic acids is 2. The predicted octanol–water partition coefficient (Wildman–Crippen LogP) is 3.35. The van der Waals surface area contributed by atoms with Crippen LogP contribution in [0.1, 0.15) is 34.1 Å². The van der Waals surface area contributed by atoms with Gasteiger partial charge in [-0.2, -0.15) is 0 Å². The van der Waals surface area contributed by atoms with Gasteiger partial charge in [-0.3, -0.25) is 14.0 Å². The number of nitrogens with two attached hydrogens (primary N) is 1. The van der Waals surface area contributed by atoms with Crippen molar-refractivity contribution in [2.45, 2.75) is 31.3 Å². The fourth-order valence-electron chi connectivity index (χ4n) is 3.42. The van der Waals surface area contributed by atoms with Crippen molar-refractivity contribution >= 4 is 45.4 Å². The van der Waals surface area contributed by atoms with E-state index < -0.39 is 5.91 Å². The molecule has 27 heavy (non-hydrogen) atoms. The van der Waals surface area contributed by atoms with Crippen molar-refractivity contribution in [2.75, 3.05) is 11.1 Å². The SMILES string of the molecule is C[C@@H]1CCc2c(sc(NC(=O)CSc3ncc4ccccn34)c2C(N)=O)C1. The van der Waals surface area contributed by atoms with Crippen molar-refractivity contribution in [1.82, 2.24) is 9.38 Å². The first kappa shape index (κ1) is 18.1. The molecule has 1 atom stereocenters. The van der Waals surface area contributed by atoms with E-state index in [-0.39, 0.29) is 11.7 Å². The molecule has 0 aliphatic heterocycles. The quantitative estimate of drug-likeness (QED) is 0.643. The Morgan fingerprint density at radius 3 is 3.11 bits per heavy atom. The summed E-state index contributed by atoms with van der Waals surface area (Å²) in [5, 5.41) is 4.24. The Hall–Kier alpha value is -2.32. The minimum atomic E-state index is -0.468.